The summed E-state index contributed by atoms with van der Waals surface area (Å²) in [7, 11) is 2.24. The Kier molecular flexibility index (Phi) is 2.97. The van der Waals surface area contributed by atoms with Crippen LogP contribution in [-0.4, -0.2) is 29.8 Å². The zero-order chi connectivity index (χ0) is 13.8. The van der Waals surface area contributed by atoms with Gasteiger partial charge in [-0.15, -0.1) is 0 Å². The Hall–Kier alpha value is -0.890. The van der Waals surface area contributed by atoms with Gasteiger partial charge in [-0.3, -0.25) is 9.69 Å². The highest BCUT2D eigenvalue weighted by Crippen LogP contribution is 2.55. The Morgan fingerprint density at radius 1 is 1.37 bits per heavy atom. The van der Waals surface area contributed by atoms with Crippen molar-refractivity contribution >= 4 is 5.78 Å². The monoisotopic (exact) mass is 259 g/mol. The van der Waals surface area contributed by atoms with Gasteiger partial charge in [-0.25, -0.2) is 0 Å². The van der Waals surface area contributed by atoms with E-state index in [9.17, 15) is 4.79 Å². The number of nitrogens with zero attached hydrogens (tertiary/aromatic N) is 1. The minimum atomic E-state index is 0.219. The van der Waals surface area contributed by atoms with Crippen molar-refractivity contribution in [3.8, 4) is 0 Å². The molecule has 104 valence electrons. The van der Waals surface area contributed by atoms with Crippen LogP contribution in [0.5, 0.6) is 0 Å². The van der Waals surface area contributed by atoms with E-state index in [0.717, 1.165) is 17.9 Å². The molecule has 2 heteroatoms. The fraction of sp³-hybridized carbons (Fsp3) is 0.706. The second kappa shape index (κ2) is 4.31. The van der Waals surface area contributed by atoms with Crippen LogP contribution in [-0.2, 0) is 4.79 Å². The summed E-state index contributed by atoms with van der Waals surface area (Å²) in [6.45, 7) is 9.40. The quantitative estimate of drug-likeness (QED) is 0.709. The van der Waals surface area contributed by atoms with E-state index in [1.165, 1.54) is 37.0 Å². The van der Waals surface area contributed by atoms with Crippen LogP contribution >= 0.6 is 0 Å². The number of allylic oxidation sites excluding steroid dienone is 2. The van der Waals surface area contributed by atoms with Gasteiger partial charge in [0.2, 0.25) is 0 Å². The molecule has 4 rings (SSSR count). The zero-order valence-electron chi connectivity index (χ0n) is 12.5. The van der Waals surface area contributed by atoms with Crippen molar-refractivity contribution in [3.63, 3.8) is 0 Å². The van der Waals surface area contributed by atoms with Gasteiger partial charge in [-0.1, -0.05) is 12.2 Å². The van der Waals surface area contributed by atoms with Gasteiger partial charge in [0.25, 0.3) is 0 Å². The summed E-state index contributed by atoms with van der Waals surface area (Å²) < 4.78 is 0. The molecular formula is C17H25NO. The van der Waals surface area contributed by atoms with Crippen molar-refractivity contribution in [2.75, 3.05) is 13.6 Å². The molecule has 3 fully saturated rings. The number of hydrogen-bond donors (Lipinski definition) is 0. The highest BCUT2D eigenvalue weighted by Gasteiger charge is 2.54. The molecule has 0 spiro atoms. The molecule has 2 bridgehead atoms. The maximum atomic E-state index is 12.3. The molecule has 2 saturated heterocycles. The molecule has 0 radical (unpaired) electrons. The van der Waals surface area contributed by atoms with Gasteiger partial charge < -0.3 is 0 Å². The predicted octanol–water partition coefficient (Wildman–Crippen LogP) is 3.34. The molecule has 2 nitrogen and oxygen atoms in total. The van der Waals surface area contributed by atoms with Crippen LogP contribution in [0, 0.1) is 11.8 Å². The number of piperidine rings is 2. The lowest BCUT2D eigenvalue weighted by atomic mass is 9.56. The van der Waals surface area contributed by atoms with Gasteiger partial charge in [-0.05, 0) is 76.1 Å². The van der Waals surface area contributed by atoms with Crippen molar-refractivity contribution in [2.45, 2.75) is 51.5 Å². The number of fused-ring (bicyclic) bond motifs is 2. The van der Waals surface area contributed by atoms with Gasteiger partial charge in [0, 0.05) is 12.0 Å². The first-order valence-electron chi connectivity index (χ1n) is 7.54. The third kappa shape index (κ3) is 1.84. The minimum absolute atomic E-state index is 0.219. The van der Waals surface area contributed by atoms with E-state index in [-0.39, 0.29) is 5.54 Å². The SMILES string of the molecule is C=C(C)C1CC(=O)C(C)=C(C23CC(CCN2C)C3)C1. The topological polar surface area (TPSA) is 20.3 Å². The van der Waals surface area contributed by atoms with E-state index in [0.29, 0.717) is 18.1 Å². The van der Waals surface area contributed by atoms with E-state index < -0.39 is 0 Å². The molecule has 2 aliphatic heterocycles. The summed E-state index contributed by atoms with van der Waals surface area (Å²) in [6.07, 6.45) is 5.61. The number of likely N-dealkylation sites (N-methyl/N-ethyl adjacent to an activating group) is 1. The summed E-state index contributed by atoms with van der Waals surface area (Å²) in [5.74, 6) is 1.62. The first-order chi connectivity index (χ1) is 8.94. The molecule has 1 unspecified atom stereocenters. The molecule has 0 N–H and O–H groups in total. The number of rotatable bonds is 2. The van der Waals surface area contributed by atoms with E-state index >= 15 is 0 Å². The smallest absolute Gasteiger partial charge is 0.159 e. The number of Topliss-reactive ketones (excluding diaryl/α,β-unsaturated/α-hetero) is 1. The van der Waals surface area contributed by atoms with E-state index in [4.69, 9.17) is 0 Å². The van der Waals surface area contributed by atoms with E-state index in [2.05, 4.69) is 32.4 Å². The molecule has 4 aliphatic rings. The Bertz CT molecular complexity index is 468. The third-order valence-corrected chi connectivity index (χ3v) is 5.87. The van der Waals surface area contributed by atoms with Crippen molar-refractivity contribution < 1.29 is 4.79 Å². The number of ketones is 1. The Morgan fingerprint density at radius 2 is 2.05 bits per heavy atom. The van der Waals surface area contributed by atoms with Crippen LogP contribution in [0.15, 0.2) is 23.3 Å². The summed E-state index contributed by atoms with van der Waals surface area (Å²) in [4.78, 5) is 14.8. The van der Waals surface area contributed by atoms with Crippen molar-refractivity contribution in [1.29, 1.82) is 0 Å². The van der Waals surface area contributed by atoms with Crippen LogP contribution in [0.4, 0.5) is 0 Å². The van der Waals surface area contributed by atoms with Gasteiger partial charge in [0.05, 0.1) is 0 Å². The maximum absolute atomic E-state index is 12.3. The third-order valence-electron chi connectivity index (χ3n) is 5.87. The van der Waals surface area contributed by atoms with Crippen LogP contribution in [0.1, 0.15) is 46.0 Å². The molecule has 19 heavy (non-hydrogen) atoms. The molecule has 2 aliphatic carbocycles. The van der Waals surface area contributed by atoms with Crippen LogP contribution in [0.25, 0.3) is 0 Å². The molecule has 1 atom stereocenters. The van der Waals surface area contributed by atoms with Crippen LogP contribution in [0.3, 0.4) is 0 Å². The highest BCUT2D eigenvalue weighted by atomic mass is 16.1. The van der Waals surface area contributed by atoms with Gasteiger partial charge >= 0.3 is 0 Å². The number of carbonyl (C=O) groups is 1. The zero-order valence-corrected chi connectivity index (χ0v) is 12.5. The lowest BCUT2D eigenvalue weighted by Crippen LogP contribution is -2.62. The Balaban J connectivity index is 1.96. The maximum Gasteiger partial charge on any atom is 0.159 e. The molecule has 0 aromatic rings. The second-order valence-electron chi connectivity index (χ2n) is 6.99. The fourth-order valence-electron chi connectivity index (χ4n) is 4.38. The van der Waals surface area contributed by atoms with Crippen molar-refractivity contribution in [3.05, 3.63) is 23.3 Å². The second-order valence-corrected chi connectivity index (χ2v) is 6.99. The summed E-state index contributed by atoms with van der Waals surface area (Å²) in [5.41, 5.74) is 3.89. The average molecular weight is 259 g/mol. The lowest BCUT2D eigenvalue weighted by molar-refractivity contribution is -0.117. The van der Waals surface area contributed by atoms with Gasteiger partial charge in [0.15, 0.2) is 5.78 Å². The predicted molar refractivity (Wildman–Crippen MR) is 77.9 cm³/mol. The number of hydrogen-bond acceptors (Lipinski definition) is 2. The summed E-state index contributed by atoms with van der Waals surface area (Å²) in [6, 6.07) is 0. The normalized spacial score (nSPS) is 39.2. The van der Waals surface area contributed by atoms with E-state index in [1.807, 2.05) is 0 Å². The number of carbonyl (C=O) groups excluding carboxylic acids is 1. The average Bonchev–Trinajstić information content (AvgIpc) is 2.31. The fourth-order valence-corrected chi connectivity index (χ4v) is 4.38. The first kappa shape index (κ1) is 13.1. The van der Waals surface area contributed by atoms with Crippen molar-refractivity contribution in [1.82, 2.24) is 4.90 Å². The first-order valence-corrected chi connectivity index (χ1v) is 7.54. The van der Waals surface area contributed by atoms with Crippen molar-refractivity contribution in [2.24, 2.45) is 11.8 Å². The van der Waals surface area contributed by atoms with Crippen LogP contribution < -0.4 is 0 Å². The minimum Gasteiger partial charge on any atom is -0.297 e. The highest BCUT2D eigenvalue weighted by molar-refractivity contribution is 5.97. The molecule has 0 amide bonds. The largest absolute Gasteiger partial charge is 0.297 e. The standard InChI is InChI=1S/C17H25NO/c1-11(2)14-7-15(12(3)16(19)8-14)17-9-13(10-17)5-6-18(17)4/h13-14H,1,5-10H2,2-4H3. The van der Waals surface area contributed by atoms with E-state index in [1.54, 1.807) is 0 Å². The summed E-state index contributed by atoms with van der Waals surface area (Å²) >= 11 is 0. The van der Waals surface area contributed by atoms with Gasteiger partial charge in [0.1, 0.15) is 0 Å². The Labute approximate surface area is 116 Å². The molecule has 1 saturated carbocycles. The van der Waals surface area contributed by atoms with Gasteiger partial charge in [-0.2, -0.15) is 0 Å². The Morgan fingerprint density at radius 3 is 2.63 bits per heavy atom. The van der Waals surface area contributed by atoms with Crippen LogP contribution in [0.2, 0.25) is 0 Å². The molecule has 0 aromatic heterocycles. The molecular weight excluding hydrogens is 234 g/mol. The lowest BCUT2D eigenvalue weighted by Gasteiger charge is -2.60. The summed E-state index contributed by atoms with van der Waals surface area (Å²) in [5, 5.41) is 0. The molecule has 0 aromatic carbocycles. The molecule has 2 heterocycles.